The Labute approximate surface area is 223 Å². The maximum absolute atomic E-state index is 13.4. The third-order valence-corrected chi connectivity index (χ3v) is 7.16. The van der Waals surface area contributed by atoms with Crippen LogP contribution in [0.5, 0.6) is 0 Å². The van der Waals surface area contributed by atoms with Crippen LogP contribution in [0.25, 0.3) is 10.9 Å². The molecule has 0 aliphatic carbocycles. The van der Waals surface area contributed by atoms with Crippen molar-refractivity contribution in [1.82, 2.24) is 20.5 Å². The third-order valence-electron chi connectivity index (χ3n) is 6.51. The van der Waals surface area contributed by atoms with Crippen LogP contribution < -0.4 is 16.4 Å². The summed E-state index contributed by atoms with van der Waals surface area (Å²) in [5.41, 5.74) is 7.57. The number of carbonyl (C=O) groups is 5. The number of carboxylic acid groups (broad SMARTS) is 2. The Morgan fingerprint density at radius 2 is 1.89 bits per heavy atom. The molecule has 3 rings (SSSR count). The summed E-state index contributed by atoms with van der Waals surface area (Å²) in [5.74, 6) is -3.94. The number of hydrogen-bond acceptors (Lipinski definition) is 7. The van der Waals surface area contributed by atoms with Crippen molar-refractivity contribution in [3.8, 4) is 0 Å². The number of rotatable bonds is 13. The van der Waals surface area contributed by atoms with Crippen molar-refractivity contribution in [2.24, 2.45) is 5.73 Å². The quantitative estimate of drug-likeness (QED) is 0.205. The van der Waals surface area contributed by atoms with Crippen LogP contribution in [0.15, 0.2) is 30.5 Å². The van der Waals surface area contributed by atoms with Crippen molar-refractivity contribution < 1.29 is 34.2 Å². The van der Waals surface area contributed by atoms with Crippen LogP contribution in [0, 0.1) is 0 Å². The van der Waals surface area contributed by atoms with Crippen molar-refractivity contribution in [3.05, 3.63) is 36.0 Å². The number of hydrogen-bond donors (Lipinski definition) is 6. The topological polar surface area (TPSA) is 195 Å². The minimum atomic E-state index is -1.68. The summed E-state index contributed by atoms with van der Waals surface area (Å²) in [6, 6.07) is 2.89. The van der Waals surface area contributed by atoms with E-state index in [9.17, 15) is 29.1 Å². The Bertz CT molecular complexity index is 1190. The highest BCUT2D eigenvalue weighted by Gasteiger charge is 2.38. The van der Waals surface area contributed by atoms with Gasteiger partial charge in [-0.25, -0.2) is 4.79 Å². The zero-order valence-corrected chi connectivity index (χ0v) is 21.8. The highest BCUT2D eigenvalue weighted by atomic mass is 32.2. The molecule has 1 aliphatic heterocycles. The highest BCUT2D eigenvalue weighted by Crippen LogP contribution is 2.22. The lowest BCUT2D eigenvalue weighted by Gasteiger charge is -2.28. The maximum atomic E-state index is 13.4. The molecule has 3 amide bonds. The minimum absolute atomic E-state index is 0.00883. The molecule has 0 saturated carbocycles. The number of nitrogens with one attached hydrogen (secondary N) is 3. The SMILES string of the molecule is CSCCC(N)C(=O)N1CCCC1C(=O)NC(Cc1c[nH]c2ccccc12)C(=O)NC(CC(=O)O)C(=O)O. The molecule has 38 heavy (non-hydrogen) atoms. The molecule has 1 saturated heterocycles. The van der Waals surface area contributed by atoms with E-state index in [4.69, 9.17) is 10.8 Å². The minimum Gasteiger partial charge on any atom is -0.481 e. The maximum Gasteiger partial charge on any atom is 0.326 e. The summed E-state index contributed by atoms with van der Waals surface area (Å²) in [6.45, 7) is 0.364. The van der Waals surface area contributed by atoms with E-state index < -0.39 is 54.3 Å². The number of nitrogens with zero attached hydrogens (tertiary/aromatic N) is 1. The van der Waals surface area contributed by atoms with Gasteiger partial charge in [0.05, 0.1) is 12.5 Å². The lowest BCUT2D eigenvalue weighted by atomic mass is 10.0. The van der Waals surface area contributed by atoms with Crippen LogP contribution >= 0.6 is 11.8 Å². The predicted octanol–water partition coefficient (Wildman–Crippen LogP) is 0.311. The number of amides is 3. The molecular formula is C25H33N5O7S. The van der Waals surface area contributed by atoms with Crippen molar-refractivity contribution >= 4 is 52.3 Å². The number of likely N-dealkylation sites (tertiary alicyclic amines) is 1. The van der Waals surface area contributed by atoms with Crippen molar-refractivity contribution in [3.63, 3.8) is 0 Å². The zero-order valence-electron chi connectivity index (χ0n) is 21.0. The van der Waals surface area contributed by atoms with Gasteiger partial charge in [0.1, 0.15) is 18.1 Å². The Kier molecular flexibility index (Phi) is 10.1. The number of aromatic nitrogens is 1. The van der Waals surface area contributed by atoms with E-state index in [1.807, 2.05) is 30.5 Å². The highest BCUT2D eigenvalue weighted by molar-refractivity contribution is 7.98. The number of benzene rings is 1. The molecule has 206 valence electrons. The van der Waals surface area contributed by atoms with Gasteiger partial charge in [0, 0.05) is 30.1 Å². The van der Waals surface area contributed by atoms with Gasteiger partial charge in [-0.1, -0.05) is 18.2 Å². The van der Waals surface area contributed by atoms with E-state index in [1.54, 1.807) is 18.0 Å². The summed E-state index contributed by atoms with van der Waals surface area (Å²) in [6.07, 6.45) is 4.25. The normalized spacial score (nSPS) is 17.5. The van der Waals surface area contributed by atoms with Crippen LogP contribution in [0.1, 0.15) is 31.2 Å². The largest absolute Gasteiger partial charge is 0.481 e. The number of aromatic amines is 1. The molecule has 13 heteroatoms. The van der Waals surface area contributed by atoms with Crippen LogP contribution in [0.3, 0.4) is 0 Å². The molecule has 4 unspecified atom stereocenters. The smallest absolute Gasteiger partial charge is 0.326 e. The molecule has 4 atom stereocenters. The number of thioether (sulfide) groups is 1. The molecule has 7 N–H and O–H groups in total. The molecule has 2 aromatic rings. The molecule has 1 aromatic carbocycles. The van der Waals surface area contributed by atoms with E-state index in [-0.39, 0.29) is 12.3 Å². The summed E-state index contributed by atoms with van der Waals surface area (Å²) in [7, 11) is 0. The number of carbonyl (C=O) groups excluding carboxylic acids is 3. The van der Waals surface area contributed by atoms with Gasteiger partial charge in [0.25, 0.3) is 0 Å². The zero-order chi connectivity index (χ0) is 27.8. The second-order valence-corrected chi connectivity index (χ2v) is 10.2. The van der Waals surface area contributed by atoms with Crippen molar-refractivity contribution in [1.29, 1.82) is 0 Å². The van der Waals surface area contributed by atoms with Crippen molar-refractivity contribution in [2.75, 3.05) is 18.6 Å². The summed E-state index contributed by atoms with van der Waals surface area (Å²) < 4.78 is 0. The third kappa shape index (κ3) is 7.25. The fourth-order valence-corrected chi connectivity index (χ4v) is 5.02. The van der Waals surface area contributed by atoms with Gasteiger partial charge in [-0.2, -0.15) is 11.8 Å². The number of para-hydroxylation sites is 1. The molecule has 2 heterocycles. The van der Waals surface area contributed by atoms with E-state index >= 15 is 0 Å². The first-order valence-corrected chi connectivity index (χ1v) is 13.7. The Hall–Kier alpha value is -3.58. The van der Waals surface area contributed by atoms with Crippen molar-refractivity contribution in [2.45, 2.75) is 56.3 Å². The number of aliphatic carboxylic acids is 2. The van der Waals surface area contributed by atoms with E-state index in [0.717, 1.165) is 10.9 Å². The number of carboxylic acids is 2. The monoisotopic (exact) mass is 547 g/mol. The van der Waals surface area contributed by atoms with Crippen LogP contribution in [0.2, 0.25) is 0 Å². The lowest BCUT2D eigenvalue weighted by Crippen LogP contribution is -2.57. The van der Waals surface area contributed by atoms with Gasteiger partial charge >= 0.3 is 11.9 Å². The van der Waals surface area contributed by atoms with E-state index in [0.29, 0.717) is 37.1 Å². The Morgan fingerprint density at radius 1 is 1.16 bits per heavy atom. The van der Waals surface area contributed by atoms with Crippen LogP contribution in [-0.2, 0) is 30.4 Å². The first kappa shape index (κ1) is 29.0. The average molecular weight is 548 g/mol. The Balaban J connectivity index is 1.81. The fraction of sp³-hybridized carbons (Fsp3) is 0.480. The summed E-state index contributed by atoms with van der Waals surface area (Å²) in [4.78, 5) is 66.6. The lowest BCUT2D eigenvalue weighted by molar-refractivity contribution is -0.147. The first-order valence-electron chi connectivity index (χ1n) is 12.3. The summed E-state index contributed by atoms with van der Waals surface area (Å²) >= 11 is 1.57. The van der Waals surface area contributed by atoms with E-state index in [1.165, 1.54) is 4.90 Å². The van der Waals surface area contributed by atoms with Gasteiger partial charge in [-0.05, 0) is 42.9 Å². The molecule has 0 bridgehead atoms. The number of nitrogens with two attached hydrogens (primary N) is 1. The van der Waals surface area contributed by atoms with Gasteiger partial charge in [0.2, 0.25) is 17.7 Å². The van der Waals surface area contributed by atoms with Crippen LogP contribution in [0.4, 0.5) is 0 Å². The van der Waals surface area contributed by atoms with Crippen LogP contribution in [-0.4, -0.2) is 92.5 Å². The fourth-order valence-electron chi connectivity index (χ4n) is 4.53. The van der Waals surface area contributed by atoms with Gasteiger partial charge in [-0.15, -0.1) is 0 Å². The first-order chi connectivity index (χ1) is 18.1. The van der Waals surface area contributed by atoms with E-state index in [2.05, 4.69) is 15.6 Å². The average Bonchev–Trinajstić information content (AvgIpc) is 3.53. The summed E-state index contributed by atoms with van der Waals surface area (Å²) in [5, 5.41) is 24.2. The molecule has 12 nitrogen and oxygen atoms in total. The van der Waals surface area contributed by atoms with Gasteiger partial charge in [-0.3, -0.25) is 19.2 Å². The van der Waals surface area contributed by atoms with Gasteiger partial charge in [0.15, 0.2) is 0 Å². The second kappa shape index (κ2) is 13.3. The molecule has 1 aromatic heterocycles. The standard InChI is InChI=1S/C25H33N5O7S/c1-38-10-8-16(26)24(35)30-9-4-7-20(30)23(34)28-18(22(33)29-19(25(36)37)12-21(31)32)11-14-13-27-17-6-3-2-5-15(14)17/h2-3,5-6,13,16,18-20,27H,4,7-12,26H2,1H3,(H,28,34)(H,29,33)(H,31,32)(H,36,37). The Morgan fingerprint density at radius 3 is 2.58 bits per heavy atom. The molecular weight excluding hydrogens is 514 g/mol. The predicted molar refractivity (Wildman–Crippen MR) is 141 cm³/mol. The molecule has 1 aliphatic rings. The molecule has 1 fully saturated rings. The number of H-pyrrole nitrogens is 1. The molecule has 0 spiro atoms. The second-order valence-electron chi connectivity index (χ2n) is 9.20. The number of fused-ring (bicyclic) bond motifs is 1. The molecule has 0 radical (unpaired) electrons. The van der Waals surface area contributed by atoms with Gasteiger partial charge < -0.3 is 36.5 Å².